The van der Waals surface area contributed by atoms with Gasteiger partial charge in [0.2, 0.25) is 5.91 Å². The minimum Gasteiger partial charge on any atom is -0.351 e. The second kappa shape index (κ2) is 5.46. The molecule has 1 N–H and O–H groups in total. The summed E-state index contributed by atoms with van der Waals surface area (Å²) in [5.41, 5.74) is 1.08. The van der Waals surface area contributed by atoms with E-state index < -0.39 is 0 Å². The summed E-state index contributed by atoms with van der Waals surface area (Å²) >= 11 is 0. The van der Waals surface area contributed by atoms with Gasteiger partial charge in [-0.05, 0) is 20.2 Å². The zero-order valence-corrected chi connectivity index (χ0v) is 9.97. The number of carbonyl (C=O) groups excluding carboxylic acids is 1. The molecule has 0 radical (unpaired) electrons. The van der Waals surface area contributed by atoms with Gasteiger partial charge in [-0.25, -0.2) is 0 Å². The van der Waals surface area contributed by atoms with Gasteiger partial charge in [0.25, 0.3) is 0 Å². The third-order valence-corrected chi connectivity index (χ3v) is 2.39. The van der Waals surface area contributed by atoms with E-state index in [0.717, 1.165) is 5.56 Å². The van der Waals surface area contributed by atoms with Gasteiger partial charge in [-0.3, -0.25) is 9.48 Å². The smallest absolute Gasteiger partial charge is 0.243 e. The van der Waals surface area contributed by atoms with E-state index in [1.54, 1.807) is 4.68 Å². The molecule has 0 fully saturated rings. The number of nitrogens with zero attached hydrogens (tertiary/aromatic N) is 3. The fourth-order valence-corrected chi connectivity index (χ4v) is 1.48. The largest absolute Gasteiger partial charge is 0.351 e. The van der Waals surface area contributed by atoms with Crippen LogP contribution in [-0.4, -0.2) is 41.2 Å². The zero-order chi connectivity index (χ0) is 12.1. The first kappa shape index (κ1) is 12.4. The van der Waals surface area contributed by atoms with E-state index >= 15 is 0 Å². The van der Waals surface area contributed by atoms with Crippen LogP contribution in [0.1, 0.15) is 11.6 Å². The van der Waals surface area contributed by atoms with Crippen LogP contribution in [0.25, 0.3) is 0 Å². The maximum Gasteiger partial charge on any atom is 0.243 e. The molecular weight excluding hydrogens is 204 g/mol. The number of aryl methyl sites for hydroxylation is 1. The molecule has 1 aromatic heterocycles. The number of rotatable bonds is 5. The van der Waals surface area contributed by atoms with Gasteiger partial charge in [-0.2, -0.15) is 5.10 Å². The molecule has 88 valence electrons. The van der Waals surface area contributed by atoms with Crippen LogP contribution < -0.4 is 5.32 Å². The molecule has 0 aliphatic carbocycles. The Morgan fingerprint density at radius 3 is 2.88 bits per heavy atom. The van der Waals surface area contributed by atoms with Crippen LogP contribution in [0.15, 0.2) is 25.0 Å². The normalized spacial score (nSPS) is 12.5. The van der Waals surface area contributed by atoms with Gasteiger partial charge >= 0.3 is 0 Å². The fourth-order valence-electron chi connectivity index (χ4n) is 1.48. The molecule has 5 nitrogen and oxygen atoms in total. The standard InChI is InChI=1S/C11H18N4O/c1-5-11(16)12-7-10(14(2)3)9-6-13-15(4)8-9/h5-6,8,10H,1,7H2,2-4H3,(H,12,16). The SMILES string of the molecule is C=CC(=O)NCC(c1cnn(C)c1)N(C)C. The molecule has 1 unspecified atom stereocenters. The average Bonchev–Trinajstić information content (AvgIpc) is 2.64. The minimum atomic E-state index is -0.157. The van der Waals surface area contributed by atoms with Crippen molar-refractivity contribution in [3.05, 3.63) is 30.6 Å². The maximum atomic E-state index is 11.1. The topological polar surface area (TPSA) is 50.2 Å². The third-order valence-electron chi connectivity index (χ3n) is 2.39. The molecule has 0 saturated carbocycles. The van der Waals surface area contributed by atoms with Gasteiger partial charge < -0.3 is 10.2 Å². The van der Waals surface area contributed by atoms with Crippen LogP contribution in [-0.2, 0) is 11.8 Å². The van der Waals surface area contributed by atoms with Crippen LogP contribution in [0.2, 0.25) is 0 Å². The Balaban J connectivity index is 2.68. The lowest BCUT2D eigenvalue weighted by molar-refractivity contribution is -0.116. The number of amides is 1. The third kappa shape index (κ3) is 3.20. The Labute approximate surface area is 95.7 Å². The van der Waals surface area contributed by atoms with E-state index in [1.807, 2.05) is 38.4 Å². The molecular formula is C11H18N4O. The van der Waals surface area contributed by atoms with Crippen molar-refractivity contribution in [1.29, 1.82) is 0 Å². The first-order valence-corrected chi connectivity index (χ1v) is 5.10. The van der Waals surface area contributed by atoms with E-state index in [2.05, 4.69) is 17.0 Å². The molecule has 16 heavy (non-hydrogen) atoms. The number of likely N-dealkylation sites (N-methyl/N-ethyl adjacent to an activating group) is 1. The molecule has 0 saturated heterocycles. The summed E-state index contributed by atoms with van der Waals surface area (Å²) in [7, 11) is 5.81. The van der Waals surface area contributed by atoms with Gasteiger partial charge in [-0.1, -0.05) is 6.58 Å². The molecule has 1 rings (SSSR count). The minimum absolute atomic E-state index is 0.123. The van der Waals surface area contributed by atoms with E-state index in [-0.39, 0.29) is 11.9 Å². The number of nitrogens with one attached hydrogen (secondary N) is 1. The Bertz CT molecular complexity index is 370. The molecule has 0 bridgehead atoms. The summed E-state index contributed by atoms with van der Waals surface area (Å²) in [6.45, 7) is 3.96. The van der Waals surface area contributed by atoms with Crippen molar-refractivity contribution >= 4 is 5.91 Å². The Morgan fingerprint density at radius 2 is 2.44 bits per heavy atom. The summed E-state index contributed by atoms with van der Waals surface area (Å²) in [5, 5.41) is 6.91. The number of carbonyl (C=O) groups is 1. The van der Waals surface area contributed by atoms with Crippen molar-refractivity contribution in [2.75, 3.05) is 20.6 Å². The number of hydrogen-bond acceptors (Lipinski definition) is 3. The van der Waals surface area contributed by atoms with Crippen molar-refractivity contribution in [1.82, 2.24) is 20.0 Å². The molecule has 0 spiro atoms. The number of aromatic nitrogens is 2. The molecule has 1 aromatic rings. The summed E-state index contributed by atoms with van der Waals surface area (Å²) in [6, 6.07) is 0.123. The molecule has 0 aliphatic rings. The summed E-state index contributed by atoms with van der Waals surface area (Å²) in [5.74, 6) is -0.157. The highest BCUT2D eigenvalue weighted by Crippen LogP contribution is 2.15. The van der Waals surface area contributed by atoms with Crippen molar-refractivity contribution in [2.24, 2.45) is 7.05 Å². The first-order valence-electron chi connectivity index (χ1n) is 5.10. The second-order valence-corrected chi connectivity index (χ2v) is 3.88. The molecule has 0 aromatic carbocycles. The van der Waals surface area contributed by atoms with Gasteiger partial charge in [0.15, 0.2) is 0 Å². The lowest BCUT2D eigenvalue weighted by atomic mass is 10.1. The second-order valence-electron chi connectivity index (χ2n) is 3.88. The van der Waals surface area contributed by atoms with Crippen molar-refractivity contribution in [3.63, 3.8) is 0 Å². The highest BCUT2D eigenvalue weighted by Gasteiger charge is 2.15. The fraction of sp³-hybridized carbons (Fsp3) is 0.455. The molecule has 0 aliphatic heterocycles. The monoisotopic (exact) mass is 222 g/mol. The highest BCUT2D eigenvalue weighted by molar-refractivity contribution is 5.86. The van der Waals surface area contributed by atoms with E-state index in [0.29, 0.717) is 6.54 Å². The quantitative estimate of drug-likeness (QED) is 0.730. The molecule has 5 heteroatoms. The predicted octanol–water partition coefficient (Wildman–Crippen LogP) is 0.325. The molecule has 1 heterocycles. The lowest BCUT2D eigenvalue weighted by Crippen LogP contribution is -2.33. The van der Waals surface area contributed by atoms with E-state index in [4.69, 9.17) is 0 Å². The van der Waals surface area contributed by atoms with Crippen LogP contribution in [0.4, 0.5) is 0 Å². The van der Waals surface area contributed by atoms with Crippen LogP contribution >= 0.6 is 0 Å². The summed E-state index contributed by atoms with van der Waals surface area (Å²) < 4.78 is 1.75. The van der Waals surface area contributed by atoms with Crippen molar-refractivity contribution in [2.45, 2.75) is 6.04 Å². The van der Waals surface area contributed by atoms with Crippen molar-refractivity contribution in [3.8, 4) is 0 Å². The van der Waals surface area contributed by atoms with Gasteiger partial charge in [-0.15, -0.1) is 0 Å². The Morgan fingerprint density at radius 1 is 1.75 bits per heavy atom. The maximum absolute atomic E-state index is 11.1. The van der Waals surface area contributed by atoms with Gasteiger partial charge in [0.1, 0.15) is 0 Å². The highest BCUT2D eigenvalue weighted by atomic mass is 16.1. The van der Waals surface area contributed by atoms with Gasteiger partial charge in [0.05, 0.1) is 12.2 Å². The van der Waals surface area contributed by atoms with Crippen LogP contribution in [0.5, 0.6) is 0 Å². The Kier molecular flexibility index (Phi) is 4.25. The zero-order valence-electron chi connectivity index (χ0n) is 9.97. The number of hydrogen-bond donors (Lipinski definition) is 1. The predicted molar refractivity (Wildman–Crippen MR) is 62.8 cm³/mol. The van der Waals surface area contributed by atoms with Crippen LogP contribution in [0, 0.1) is 0 Å². The Hall–Kier alpha value is -1.62. The van der Waals surface area contributed by atoms with Gasteiger partial charge in [0, 0.05) is 25.4 Å². The van der Waals surface area contributed by atoms with Crippen LogP contribution in [0.3, 0.4) is 0 Å². The molecule has 1 amide bonds. The first-order chi connectivity index (χ1) is 7.54. The summed E-state index contributed by atoms with van der Waals surface area (Å²) in [4.78, 5) is 13.1. The van der Waals surface area contributed by atoms with E-state index in [1.165, 1.54) is 6.08 Å². The summed E-state index contributed by atoms with van der Waals surface area (Å²) in [6.07, 6.45) is 5.03. The van der Waals surface area contributed by atoms with Crippen molar-refractivity contribution < 1.29 is 4.79 Å². The molecule has 1 atom stereocenters. The lowest BCUT2D eigenvalue weighted by Gasteiger charge is -2.23. The van der Waals surface area contributed by atoms with E-state index in [9.17, 15) is 4.79 Å². The average molecular weight is 222 g/mol.